The molecule has 2 aliphatic rings. The Morgan fingerprint density at radius 1 is 1.27 bits per heavy atom. The van der Waals surface area contributed by atoms with E-state index < -0.39 is 10.0 Å². The Morgan fingerprint density at radius 2 is 2.00 bits per heavy atom. The zero-order valence-corrected chi connectivity index (χ0v) is 13.4. The van der Waals surface area contributed by atoms with Crippen LogP contribution in [0.4, 0.5) is 5.69 Å². The molecule has 22 heavy (non-hydrogen) atoms. The quantitative estimate of drug-likeness (QED) is 0.870. The van der Waals surface area contributed by atoms with E-state index in [0.29, 0.717) is 30.7 Å². The molecule has 2 N–H and O–H groups in total. The predicted molar refractivity (Wildman–Crippen MR) is 84.0 cm³/mol. The van der Waals surface area contributed by atoms with Crippen molar-refractivity contribution in [1.82, 2.24) is 9.62 Å². The summed E-state index contributed by atoms with van der Waals surface area (Å²) in [7, 11) is -3.45. The third-order valence-corrected chi connectivity index (χ3v) is 6.31. The average Bonchev–Trinajstić information content (AvgIpc) is 2.94. The number of piperidine rings is 1. The molecule has 3 rings (SSSR count). The van der Waals surface area contributed by atoms with Gasteiger partial charge >= 0.3 is 0 Å². The summed E-state index contributed by atoms with van der Waals surface area (Å²) < 4.78 is 27.0. The van der Waals surface area contributed by atoms with Gasteiger partial charge in [0, 0.05) is 31.7 Å². The van der Waals surface area contributed by atoms with Crippen LogP contribution in [0.1, 0.15) is 19.8 Å². The van der Waals surface area contributed by atoms with Gasteiger partial charge in [0.05, 0.1) is 4.90 Å². The van der Waals surface area contributed by atoms with Crippen LogP contribution in [0.5, 0.6) is 0 Å². The van der Waals surface area contributed by atoms with E-state index in [4.69, 9.17) is 0 Å². The summed E-state index contributed by atoms with van der Waals surface area (Å²) in [6, 6.07) is 6.82. The zero-order chi connectivity index (χ0) is 15.7. The number of carbonyl (C=O) groups excluding carboxylic acids is 1. The van der Waals surface area contributed by atoms with Gasteiger partial charge in [-0.2, -0.15) is 4.31 Å². The highest BCUT2D eigenvalue weighted by molar-refractivity contribution is 7.89. The van der Waals surface area contributed by atoms with E-state index in [2.05, 4.69) is 10.6 Å². The molecule has 120 valence electrons. The Balaban J connectivity index is 1.76. The maximum absolute atomic E-state index is 12.7. The molecule has 2 fully saturated rings. The van der Waals surface area contributed by atoms with Crippen LogP contribution >= 0.6 is 0 Å². The largest absolute Gasteiger partial charge is 0.326 e. The molecular formula is C15H21N3O3S. The lowest BCUT2D eigenvalue weighted by molar-refractivity contribution is -0.114. The summed E-state index contributed by atoms with van der Waals surface area (Å²) >= 11 is 0. The fraction of sp³-hybridized carbons (Fsp3) is 0.533. The lowest BCUT2D eigenvalue weighted by Crippen LogP contribution is -2.46. The van der Waals surface area contributed by atoms with Gasteiger partial charge in [-0.3, -0.25) is 4.79 Å². The van der Waals surface area contributed by atoms with E-state index >= 15 is 0 Å². The molecule has 2 aliphatic heterocycles. The normalized spacial score (nSPS) is 25.7. The SMILES string of the molecule is CC(=O)Nc1ccc(S(=O)(=O)N2CCC3NCCC3C2)cc1. The molecule has 2 atom stereocenters. The van der Waals surface area contributed by atoms with Crippen molar-refractivity contribution in [1.29, 1.82) is 0 Å². The standard InChI is InChI=1S/C15H21N3O3S/c1-11(19)17-13-2-4-14(5-3-13)22(20,21)18-9-7-15-12(10-18)6-8-16-15/h2-5,12,15-16H,6-10H2,1H3,(H,17,19). The molecule has 0 spiro atoms. The molecule has 2 saturated heterocycles. The Morgan fingerprint density at radius 3 is 2.68 bits per heavy atom. The molecule has 0 radical (unpaired) electrons. The first-order valence-corrected chi connectivity index (χ1v) is 9.02. The molecule has 2 unspecified atom stereocenters. The molecule has 1 aromatic rings. The summed E-state index contributed by atoms with van der Waals surface area (Å²) in [6.45, 7) is 3.55. The maximum atomic E-state index is 12.7. The average molecular weight is 323 g/mol. The number of anilines is 1. The summed E-state index contributed by atoms with van der Waals surface area (Å²) in [6.07, 6.45) is 1.91. The van der Waals surface area contributed by atoms with Crippen molar-refractivity contribution in [3.63, 3.8) is 0 Å². The minimum absolute atomic E-state index is 0.175. The molecule has 2 heterocycles. The van der Waals surface area contributed by atoms with Crippen LogP contribution in [-0.4, -0.2) is 44.3 Å². The van der Waals surface area contributed by atoms with Gasteiger partial charge in [-0.05, 0) is 49.6 Å². The number of rotatable bonds is 3. The van der Waals surface area contributed by atoms with Gasteiger partial charge < -0.3 is 10.6 Å². The molecule has 0 aromatic heterocycles. The van der Waals surface area contributed by atoms with Crippen LogP contribution < -0.4 is 10.6 Å². The van der Waals surface area contributed by atoms with Crippen LogP contribution in [0.15, 0.2) is 29.2 Å². The van der Waals surface area contributed by atoms with Gasteiger partial charge in [-0.15, -0.1) is 0 Å². The van der Waals surface area contributed by atoms with Crippen molar-refractivity contribution in [3.05, 3.63) is 24.3 Å². The highest BCUT2D eigenvalue weighted by atomic mass is 32.2. The predicted octanol–water partition coefficient (Wildman–Crippen LogP) is 1.02. The Bertz CT molecular complexity index is 657. The number of fused-ring (bicyclic) bond motifs is 1. The topological polar surface area (TPSA) is 78.5 Å². The first kappa shape index (κ1) is 15.5. The lowest BCUT2D eigenvalue weighted by atomic mass is 9.95. The lowest BCUT2D eigenvalue weighted by Gasteiger charge is -2.34. The number of nitrogens with zero attached hydrogens (tertiary/aromatic N) is 1. The van der Waals surface area contributed by atoms with Gasteiger partial charge in [0.25, 0.3) is 0 Å². The number of sulfonamides is 1. The number of amides is 1. The van der Waals surface area contributed by atoms with Crippen LogP contribution in [0, 0.1) is 5.92 Å². The smallest absolute Gasteiger partial charge is 0.243 e. The second-order valence-electron chi connectivity index (χ2n) is 5.97. The van der Waals surface area contributed by atoms with Crippen molar-refractivity contribution in [3.8, 4) is 0 Å². The van der Waals surface area contributed by atoms with Gasteiger partial charge in [-0.25, -0.2) is 8.42 Å². The van der Waals surface area contributed by atoms with Crippen molar-refractivity contribution in [2.75, 3.05) is 25.0 Å². The van der Waals surface area contributed by atoms with E-state index in [9.17, 15) is 13.2 Å². The Labute approximate surface area is 130 Å². The van der Waals surface area contributed by atoms with E-state index in [1.807, 2.05) is 0 Å². The van der Waals surface area contributed by atoms with Crippen LogP contribution in [0.2, 0.25) is 0 Å². The highest BCUT2D eigenvalue weighted by Crippen LogP contribution is 2.28. The molecular weight excluding hydrogens is 302 g/mol. The number of hydrogen-bond acceptors (Lipinski definition) is 4. The first-order valence-electron chi connectivity index (χ1n) is 7.58. The van der Waals surface area contributed by atoms with E-state index in [1.54, 1.807) is 28.6 Å². The van der Waals surface area contributed by atoms with Crippen LogP contribution in [0.3, 0.4) is 0 Å². The Hall–Kier alpha value is -1.44. The third kappa shape index (κ3) is 3.02. The summed E-state index contributed by atoms with van der Waals surface area (Å²) in [5.74, 6) is 0.244. The fourth-order valence-corrected chi connectivity index (χ4v) is 4.81. The van der Waals surface area contributed by atoms with Crippen molar-refractivity contribution in [2.24, 2.45) is 5.92 Å². The van der Waals surface area contributed by atoms with Gasteiger partial charge in [0.1, 0.15) is 0 Å². The van der Waals surface area contributed by atoms with Crippen molar-refractivity contribution in [2.45, 2.75) is 30.7 Å². The third-order valence-electron chi connectivity index (χ3n) is 4.43. The maximum Gasteiger partial charge on any atom is 0.243 e. The molecule has 7 heteroatoms. The van der Waals surface area contributed by atoms with Crippen LogP contribution in [0.25, 0.3) is 0 Å². The number of benzene rings is 1. The van der Waals surface area contributed by atoms with E-state index in [1.165, 1.54) is 6.92 Å². The van der Waals surface area contributed by atoms with E-state index in [-0.39, 0.29) is 10.8 Å². The molecule has 0 aliphatic carbocycles. The van der Waals surface area contributed by atoms with E-state index in [0.717, 1.165) is 19.4 Å². The summed E-state index contributed by atoms with van der Waals surface area (Å²) in [4.78, 5) is 11.3. The molecule has 1 amide bonds. The monoisotopic (exact) mass is 323 g/mol. The van der Waals surface area contributed by atoms with Crippen molar-refractivity contribution < 1.29 is 13.2 Å². The summed E-state index contributed by atoms with van der Waals surface area (Å²) in [5.41, 5.74) is 0.602. The number of hydrogen-bond donors (Lipinski definition) is 2. The van der Waals surface area contributed by atoms with Crippen molar-refractivity contribution >= 4 is 21.6 Å². The number of carbonyl (C=O) groups is 1. The molecule has 0 bridgehead atoms. The van der Waals surface area contributed by atoms with Gasteiger partial charge in [0.2, 0.25) is 15.9 Å². The number of nitrogens with one attached hydrogen (secondary N) is 2. The molecule has 6 nitrogen and oxygen atoms in total. The first-order chi connectivity index (χ1) is 10.5. The van der Waals surface area contributed by atoms with Gasteiger partial charge in [0.15, 0.2) is 0 Å². The highest BCUT2D eigenvalue weighted by Gasteiger charge is 2.37. The second kappa shape index (κ2) is 5.98. The van der Waals surface area contributed by atoms with Gasteiger partial charge in [-0.1, -0.05) is 0 Å². The minimum atomic E-state index is -3.45. The zero-order valence-electron chi connectivity index (χ0n) is 12.6. The second-order valence-corrected chi connectivity index (χ2v) is 7.90. The fourth-order valence-electron chi connectivity index (χ4n) is 3.30. The minimum Gasteiger partial charge on any atom is -0.326 e. The van der Waals surface area contributed by atoms with Crippen LogP contribution in [-0.2, 0) is 14.8 Å². The summed E-state index contributed by atoms with van der Waals surface area (Å²) in [5, 5.41) is 6.07. The Kier molecular flexibility index (Phi) is 4.20. The molecule has 0 saturated carbocycles. The molecule has 1 aromatic carbocycles.